The molecule has 1 aliphatic heterocycles. The lowest BCUT2D eigenvalue weighted by atomic mass is 9.74. The van der Waals surface area contributed by atoms with E-state index in [1.165, 1.54) is 0 Å². The lowest BCUT2D eigenvalue weighted by Gasteiger charge is -2.37. The van der Waals surface area contributed by atoms with Gasteiger partial charge in [-0.2, -0.15) is 0 Å². The molecule has 0 saturated carbocycles. The van der Waals surface area contributed by atoms with E-state index >= 15 is 0 Å². The first kappa shape index (κ1) is 18.0. The molecule has 1 aliphatic rings. The van der Waals surface area contributed by atoms with Crippen molar-refractivity contribution in [1.82, 2.24) is 16.0 Å². The van der Waals surface area contributed by atoms with E-state index in [0.717, 1.165) is 38.8 Å². The van der Waals surface area contributed by atoms with Gasteiger partial charge in [0.25, 0.3) is 0 Å². The highest BCUT2D eigenvalue weighted by Gasteiger charge is 2.39. The van der Waals surface area contributed by atoms with Crippen molar-refractivity contribution >= 4 is 11.8 Å². The third-order valence-electron chi connectivity index (χ3n) is 4.01. The summed E-state index contributed by atoms with van der Waals surface area (Å²) in [6.45, 7) is 11.4. The Hall–Kier alpha value is -1.10. The second kappa shape index (κ2) is 7.25. The fraction of sp³-hybridized carbons (Fsp3) is 0.875. The van der Waals surface area contributed by atoms with Crippen LogP contribution in [0.25, 0.3) is 0 Å². The lowest BCUT2D eigenvalue weighted by Crippen LogP contribution is -2.55. The Morgan fingerprint density at radius 2 is 1.81 bits per heavy atom. The maximum absolute atomic E-state index is 12.7. The fourth-order valence-corrected chi connectivity index (χ4v) is 2.87. The van der Waals surface area contributed by atoms with Crippen LogP contribution in [0.2, 0.25) is 0 Å². The number of piperidine rings is 1. The molecule has 0 aliphatic carbocycles. The molecule has 1 unspecified atom stereocenters. The van der Waals surface area contributed by atoms with Gasteiger partial charge in [0.2, 0.25) is 11.8 Å². The van der Waals surface area contributed by atoms with Crippen molar-refractivity contribution in [1.29, 1.82) is 0 Å². The molecule has 5 nitrogen and oxygen atoms in total. The Labute approximate surface area is 128 Å². The summed E-state index contributed by atoms with van der Waals surface area (Å²) in [7, 11) is 0. The Morgan fingerprint density at radius 3 is 2.29 bits per heavy atom. The molecule has 1 heterocycles. The third kappa shape index (κ3) is 5.30. The Morgan fingerprint density at radius 1 is 1.24 bits per heavy atom. The zero-order valence-electron chi connectivity index (χ0n) is 14.1. The molecular weight excluding hydrogens is 266 g/mol. The molecule has 5 heteroatoms. The quantitative estimate of drug-likeness (QED) is 0.721. The van der Waals surface area contributed by atoms with Crippen molar-refractivity contribution in [3.05, 3.63) is 0 Å². The van der Waals surface area contributed by atoms with Crippen molar-refractivity contribution < 1.29 is 9.59 Å². The Bertz CT molecular complexity index is 363. The van der Waals surface area contributed by atoms with Gasteiger partial charge in [0.1, 0.15) is 6.04 Å². The predicted molar refractivity (Wildman–Crippen MR) is 84.9 cm³/mol. The summed E-state index contributed by atoms with van der Waals surface area (Å²) in [4.78, 5) is 24.8. The van der Waals surface area contributed by atoms with Crippen LogP contribution >= 0.6 is 0 Å². The van der Waals surface area contributed by atoms with E-state index in [1.54, 1.807) is 6.92 Å². The zero-order valence-corrected chi connectivity index (χ0v) is 14.1. The highest BCUT2D eigenvalue weighted by molar-refractivity contribution is 5.90. The summed E-state index contributed by atoms with van der Waals surface area (Å²) in [5.41, 5.74) is -0.595. The maximum Gasteiger partial charge on any atom is 0.242 e. The van der Waals surface area contributed by atoms with Crippen LogP contribution in [-0.4, -0.2) is 36.5 Å². The van der Waals surface area contributed by atoms with Crippen LogP contribution in [-0.2, 0) is 9.59 Å². The van der Waals surface area contributed by atoms with E-state index in [4.69, 9.17) is 0 Å². The first-order valence-corrected chi connectivity index (χ1v) is 8.04. The molecule has 1 fully saturated rings. The Kier molecular flexibility index (Phi) is 6.20. The van der Waals surface area contributed by atoms with Crippen LogP contribution in [0.1, 0.15) is 60.3 Å². The summed E-state index contributed by atoms with van der Waals surface area (Å²) in [5.74, 6) is -0.0983. The summed E-state index contributed by atoms with van der Waals surface area (Å²) in [5, 5.41) is 9.13. The van der Waals surface area contributed by atoms with E-state index in [2.05, 4.69) is 22.9 Å². The molecule has 0 aromatic rings. The van der Waals surface area contributed by atoms with Crippen LogP contribution in [0, 0.1) is 5.41 Å². The zero-order chi connectivity index (χ0) is 16.1. The van der Waals surface area contributed by atoms with E-state index < -0.39 is 6.04 Å². The van der Waals surface area contributed by atoms with Crippen molar-refractivity contribution in [3.8, 4) is 0 Å². The average Bonchev–Trinajstić information content (AvgIpc) is 2.38. The summed E-state index contributed by atoms with van der Waals surface area (Å²) in [6.07, 6.45) is 3.56. The number of nitrogens with one attached hydrogen (secondary N) is 3. The molecule has 1 atom stereocenters. The second-order valence-corrected chi connectivity index (χ2v) is 7.21. The highest BCUT2D eigenvalue weighted by atomic mass is 16.2. The second-order valence-electron chi connectivity index (χ2n) is 7.21. The normalized spacial score (nSPS) is 19.7. The van der Waals surface area contributed by atoms with Crippen LogP contribution in [0.3, 0.4) is 0 Å². The topological polar surface area (TPSA) is 70.2 Å². The van der Waals surface area contributed by atoms with E-state index in [-0.39, 0.29) is 22.8 Å². The number of amides is 2. The van der Waals surface area contributed by atoms with Gasteiger partial charge >= 0.3 is 0 Å². The van der Waals surface area contributed by atoms with Gasteiger partial charge in [-0.1, -0.05) is 13.3 Å². The minimum atomic E-state index is -0.500. The standard InChI is InChI=1S/C16H31N3O2/c1-6-7-16(8-10-17-11-9-16)14(21)18-12(2)13(20)19-15(3,4)5/h12,17H,6-11H2,1-5H3,(H,18,21)(H,19,20). The lowest BCUT2D eigenvalue weighted by molar-refractivity contribution is -0.137. The largest absolute Gasteiger partial charge is 0.350 e. The first-order valence-electron chi connectivity index (χ1n) is 8.04. The molecule has 0 aromatic heterocycles. The molecule has 1 rings (SSSR count). The molecule has 122 valence electrons. The van der Waals surface area contributed by atoms with Gasteiger partial charge < -0.3 is 16.0 Å². The van der Waals surface area contributed by atoms with E-state index in [1.807, 2.05) is 20.8 Å². The summed E-state index contributed by atoms with van der Waals surface area (Å²) < 4.78 is 0. The minimum Gasteiger partial charge on any atom is -0.350 e. The number of carbonyl (C=O) groups is 2. The highest BCUT2D eigenvalue weighted by Crippen LogP contribution is 2.34. The molecule has 3 N–H and O–H groups in total. The van der Waals surface area contributed by atoms with Gasteiger partial charge in [-0.05, 0) is 60.0 Å². The summed E-state index contributed by atoms with van der Waals surface area (Å²) in [6, 6.07) is -0.500. The van der Waals surface area contributed by atoms with Gasteiger partial charge in [0.05, 0.1) is 5.41 Å². The number of rotatable bonds is 5. The monoisotopic (exact) mass is 297 g/mol. The van der Waals surface area contributed by atoms with Crippen LogP contribution in [0.5, 0.6) is 0 Å². The molecule has 0 spiro atoms. The van der Waals surface area contributed by atoms with Crippen LogP contribution in [0.4, 0.5) is 0 Å². The Balaban J connectivity index is 2.66. The van der Waals surface area contributed by atoms with Crippen molar-refractivity contribution in [2.24, 2.45) is 5.41 Å². The van der Waals surface area contributed by atoms with Crippen molar-refractivity contribution in [2.45, 2.75) is 71.9 Å². The molecule has 1 saturated heterocycles. The van der Waals surface area contributed by atoms with E-state index in [0.29, 0.717) is 0 Å². The van der Waals surface area contributed by atoms with Crippen LogP contribution in [0.15, 0.2) is 0 Å². The van der Waals surface area contributed by atoms with Crippen LogP contribution < -0.4 is 16.0 Å². The third-order valence-corrected chi connectivity index (χ3v) is 4.01. The van der Waals surface area contributed by atoms with Gasteiger partial charge in [-0.15, -0.1) is 0 Å². The molecule has 21 heavy (non-hydrogen) atoms. The number of hydrogen-bond acceptors (Lipinski definition) is 3. The predicted octanol–water partition coefficient (Wildman–Crippen LogP) is 1.58. The number of hydrogen-bond donors (Lipinski definition) is 3. The average molecular weight is 297 g/mol. The molecule has 0 radical (unpaired) electrons. The SMILES string of the molecule is CCCC1(C(=O)NC(C)C(=O)NC(C)(C)C)CCNCC1. The van der Waals surface area contributed by atoms with E-state index in [9.17, 15) is 9.59 Å². The minimum absolute atomic E-state index is 0.0300. The van der Waals surface area contributed by atoms with Gasteiger partial charge in [0.15, 0.2) is 0 Å². The first-order chi connectivity index (χ1) is 9.70. The van der Waals surface area contributed by atoms with Gasteiger partial charge in [-0.25, -0.2) is 0 Å². The fourth-order valence-electron chi connectivity index (χ4n) is 2.87. The number of carbonyl (C=O) groups excluding carboxylic acids is 2. The molecule has 0 bridgehead atoms. The summed E-state index contributed by atoms with van der Waals surface area (Å²) >= 11 is 0. The van der Waals surface area contributed by atoms with Gasteiger partial charge in [0, 0.05) is 5.54 Å². The molecule has 2 amide bonds. The van der Waals surface area contributed by atoms with Gasteiger partial charge in [-0.3, -0.25) is 9.59 Å². The molecular formula is C16H31N3O2. The smallest absolute Gasteiger partial charge is 0.242 e. The van der Waals surface area contributed by atoms with Crippen molar-refractivity contribution in [2.75, 3.05) is 13.1 Å². The maximum atomic E-state index is 12.7. The molecule has 0 aromatic carbocycles. The van der Waals surface area contributed by atoms with Crippen molar-refractivity contribution in [3.63, 3.8) is 0 Å².